The van der Waals surface area contributed by atoms with Crippen molar-refractivity contribution in [2.24, 2.45) is 0 Å². The highest BCUT2D eigenvalue weighted by atomic mass is 32.1. The Hall–Kier alpha value is -1.23. The zero-order valence-corrected chi connectivity index (χ0v) is 14.0. The molecule has 1 N–H and O–H groups in total. The monoisotopic (exact) mass is 304 g/mol. The summed E-state index contributed by atoms with van der Waals surface area (Å²) in [4.78, 5) is 4.81. The van der Waals surface area contributed by atoms with E-state index in [2.05, 4.69) is 55.7 Å². The van der Waals surface area contributed by atoms with Gasteiger partial charge >= 0.3 is 0 Å². The van der Waals surface area contributed by atoms with E-state index < -0.39 is 0 Å². The molecule has 21 heavy (non-hydrogen) atoms. The Bertz CT molecular complexity index is 565. The molecule has 0 fully saturated rings. The highest BCUT2D eigenvalue weighted by Gasteiger charge is 2.18. The number of ether oxygens (including phenoxy) is 1. The highest BCUT2D eigenvalue weighted by Crippen LogP contribution is 2.28. The number of nitrogens with zero attached hydrogens (tertiary/aromatic N) is 1. The Balaban J connectivity index is 2.26. The second-order valence-corrected chi connectivity index (χ2v) is 6.45. The average Bonchev–Trinajstić information content (AvgIpc) is 2.93. The Morgan fingerprint density at radius 3 is 2.76 bits per heavy atom. The maximum atomic E-state index is 5.15. The Morgan fingerprint density at radius 1 is 1.33 bits per heavy atom. The molecule has 1 unspecified atom stereocenters. The molecule has 0 saturated carbocycles. The molecule has 2 rings (SSSR count). The maximum Gasteiger partial charge on any atom is 0.114 e. The molecule has 0 aliphatic rings. The Morgan fingerprint density at radius 2 is 2.14 bits per heavy atom. The summed E-state index contributed by atoms with van der Waals surface area (Å²) in [5.74, 6) is 0.465. The van der Waals surface area contributed by atoms with E-state index in [-0.39, 0.29) is 6.04 Å². The summed E-state index contributed by atoms with van der Waals surface area (Å²) in [6.07, 6.45) is 0. The number of aromatic nitrogens is 1. The van der Waals surface area contributed by atoms with Gasteiger partial charge < -0.3 is 10.1 Å². The third kappa shape index (κ3) is 4.37. The number of methoxy groups -OCH3 is 1. The lowest BCUT2D eigenvalue weighted by atomic mass is 10.0. The van der Waals surface area contributed by atoms with Crippen LogP contribution in [-0.4, -0.2) is 25.2 Å². The third-order valence-electron chi connectivity index (χ3n) is 3.41. The van der Waals surface area contributed by atoms with Gasteiger partial charge in [-0.1, -0.05) is 43.7 Å². The Kier molecular flexibility index (Phi) is 5.91. The normalized spacial score (nSPS) is 12.8. The summed E-state index contributed by atoms with van der Waals surface area (Å²) in [5, 5.41) is 6.85. The Labute approximate surface area is 131 Å². The van der Waals surface area contributed by atoms with E-state index in [9.17, 15) is 0 Å². The number of thiazole rings is 1. The first-order valence-electron chi connectivity index (χ1n) is 7.36. The molecule has 1 heterocycles. The molecule has 114 valence electrons. The van der Waals surface area contributed by atoms with Crippen LogP contribution in [0.4, 0.5) is 0 Å². The zero-order chi connectivity index (χ0) is 15.2. The average molecular weight is 304 g/mol. The minimum Gasteiger partial charge on any atom is -0.383 e. The molecule has 0 bridgehead atoms. The first kappa shape index (κ1) is 16.1. The van der Waals surface area contributed by atoms with Gasteiger partial charge in [0, 0.05) is 19.0 Å². The second kappa shape index (κ2) is 7.69. The molecule has 0 aliphatic heterocycles. The van der Waals surface area contributed by atoms with Crippen LogP contribution in [0.15, 0.2) is 29.6 Å². The number of hydrogen-bond donors (Lipinski definition) is 1. The van der Waals surface area contributed by atoms with Crippen molar-refractivity contribution < 1.29 is 4.74 Å². The van der Waals surface area contributed by atoms with Crippen LogP contribution in [0.2, 0.25) is 0 Å². The number of rotatable bonds is 7. The second-order valence-electron chi connectivity index (χ2n) is 5.56. The smallest absolute Gasteiger partial charge is 0.114 e. The molecular weight excluding hydrogens is 280 g/mol. The predicted octanol–water partition coefficient (Wildman–Crippen LogP) is 3.90. The van der Waals surface area contributed by atoms with E-state index in [0.29, 0.717) is 12.5 Å². The largest absolute Gasteiger partial charge is 0.383 e. The SMILES string of the molecule is COCCNC(c1cccc(C)c1)c1nc(C(C)C)cs1. The van der Waals surface area contributed by atoms with Gasteiger partial charge in [0.2, 0.25) is 0 Å². The van der Waals surface area contributed by atoms with E-state index in [0.717, 1.165) is 11.6 Å². The fourth-order valence-electron chi connectivity index (χ4n) is 2.20. The van der Waals surface area contributed by atoms with E-state index in [1.807, 2.05) is 0 Å². The molecule has 0 amide bonds. The van der Waals surface area contributed by atoms with Gasteiger partial charge in [-0.2, -0.15) is 0 Å². The summed E-state index contributed by atoms with van der Waals surface area (Å²) in [6, 6.07) is 8.75. The maximum absolute atomic E-state index is 5.15. The number of aryl methyl sites for hydroxylation is 1. The molecule has 2 aromatic rings. The molecule has 1 atom stereocenters. The fourth-order valence-corrected chi connectivity index (χ4v) is 3.28. The summed E-state index contributed by atoms with van der Waals surface area (Å²) >= 11 is 1.73. The molecule has 0 spiro atoms. The number of hydrogen-bond acceptors (Lipinski definition) is 4. The van der Waals surface area contributed by atoms with E-state index in [1.165, 1.54) is 16.8 Å². The topological polar surface area (TPSA) is 34.1 Å². The highest BCUT2D eigenvalue weighted by molar-refractivity contribution is 7.09. The van der Waals surface area contributed by atoms with Crippen LogP contribution in [0.5, 0.6) is 0 Å². The third-order valence-corrected chi connectivity index (χ3v) is 4.34. The summed E-state index contributed by atoms with van der Waals surface area (Å²) in [7, 11) is 1.73. The molecule has 0 radical (unpaired) electrons. The predicted molar refractivity (Wildman–Crippen MR) is 89.1 cm³/mol. The fraction of sp³-hybridized carbons (Fsp3) is 0.471. The van der Waals surface area contributed by atoms with Gasteiger partial charge in [0.05, 0.1) is 18.3 Å². The summed E-state index contributed by atoms with van der Waals surface area (Å²) < 4.78 is 5.15. The van der Waals surface area contributed by atoms with Gasteiger partial charge in [-0.15, -0.1) is 11.3 Å². The van der Waals surface area contributed by atoms with Gasteiger partial charge in [0.25, 0.3) is 0 Å². The van der Waals surface area contributed by atoms with Crippen molar-refractivity contribution in [1.82, 2.24) is 10.3 Å². The van der Waals surface area contributed by atoms with Crippen LogP contribution >= 0.6 is 11.3 Å². The molecule has 1 aromatic heterocycles. The van der Waals surface area contributed by atoms with Crippen molar-refractivity contribution >= 4 is 11.3 Å². The van der Waals surface area contributed by atoms with Crippen LogP contribution in [0.25, 0.3) is 0 Å². The van der Waals surface area contributed by atoms with Gasteiger partial charge in [-0.3, -0.25) is 0 Å². The van der Waals surface area contributed by atoms with Gasteiger partial charge in [-0.05, 0) is 18.4 Å². The minimum atomic E-state index is 0.137. The lowest BCUT2D eigenvalue weighted by molar-refractivity contribution is 0.197. The van der Waals surface area contributed by atoms with Crippen molar-refractivity contribution in [3.63, 3.8) is 0 Å². The van der Waals surface area contributed by atoms with Crippen molar-refractivity contribution in [2.45, 2.75) is 32.7 Å². The van der Waals surface area contributed by atoms with Crippen LogP contribution in [0, 0.1) is 6.92 Å². The number of benzene rings is 1. The van der Waals surface area contributed by atoms with Crippen molar-refractivity contribution in [3.8, 4) is 0 Å². The van der Waals surface area contributed by atoms with Gasteiger partial charge in [0.15, 0.2) is 0 Å². The van der Waals surface area contributed by atoms with E-state index >= 15 is 0 Å². The first-order chi connectivity index (χ1) is 10.1. The van der Waals surface area contributed by atoms with Crippen LogP contribution in [0.3, 0.4) is 0 Å². The van der Waals surface area contributed by atoms with E-state index in [1.54, 1.807) is 18.4 Å². The number of nitrogens with one attached hydrogen (secondary N) is 1. The van der Waals surface area contributed by atoms with Crippen LogP contribution < -0.4 is 5.32 Å². The summed E-state index contributed by atoms with van der Waals surface area (Å²) in [5.41, 5.74) is 3.70. The summed E-state index contributed by atoms with van der Waals surface area (Å²) in [6.45, 7) is 7.99. The standard InChI is InChI=1S/C17H24N2OS/c1-12(2)15-11-21-17(19-15)16(18-8-9-20-4)14-7-5-6-13(3)10-14/h5-7,10-12,16,18H,8-9H2,1-4H3. The molecule has 0 saturated heterocycles. The van der Waals surface area contributed by atoms with Crippen molar-refractivity contribution in [1.29, 1.82) is 0 Å². The lowest BCUT2D eigenvalue weighted by Crippen LogP contribution is -2.26. The van der Waals surface area contributed by atoms with Crippen molar-refractivity contribution in [3.05, 3.63) is 51.5 Å². The molecular formula is C17H24N2OS. The molecule has 1 aromatic carbocycles. The molecule has 0 aliphatic carbocycles. The molecule has 3 nitrogen and oxygen atoms in total. The first-order valence-corrected chi connectivity index (χ1v) is 8.24. The van der Waals surface area contributed by atoms with Crippen LogP contribution in [0.1, 0.15) is 47.6 Å². The van der Waals surface area contributed by atoms with Gasteiger partial charge in [-0.25, -0.2) is 4.98 Å². The molecule has 4 heteroatoms. The minimum absolute atomic E-state index is 0.137. The zero-order valence-electron chi connectivity index (χ0n) is 13.2. The van der Waals surface area contributed by atoms with Crippen LogP contribution in [-0.2, 0) is 4.74 Å². The van der Waals surface area contributed by atoms with E-state index in [4.69, 9.17) is 9.72 Å². The van der Waals surface area contributed by atoms with Crippen molar-refractivity contribution in [2.75, 3.05) is 20.3 Å². The lowest BCUT2D eigenvalue weighted by Gasteiger charge is -2.17. The quantitative estimate of drug-likeness (QED) is 0.788. The van der Waals surface area contributed by atoms with Gasteiger partial charge in [0.1, 0.15) is 5.01 Å².